The van der Waals surface area contributed by atoms with Crippen LogP contribution in [-0.2, 0) is 19.5 Å². The number of aromatic nitrogens is 3. The van der Waals surface area contributed by atoms with Gasteiger partial charge < -0.3 is 20.1 Å². The zero-order chi connectivity index (χ0) is 22.5. The topological polar surface area (TPSA) is 85.6 Å². The van der Waals surface area contributed by atoms with Gasteiger partial charge in [0, 0.05) is 43.6 Å². The Kier molecular flexibility index (Phi) is 7.17. The maximum absolute atomic E-state index is 6.33. The highest BCUT2D eigenvalue weighted by Gasteiger charge is 2.23. The second-order valence-corrected chi connectivity index (χ2v) is 9.03. The average Bonchev–Trinajstić information content (AvgIpc) is 3.46. The minimum atomic E-state index is 0.264. The quantitative estimate of drug-likeness (QED) is 0.507. The summed E-state index contributed by atoms with van der Waals surface area (Å²) in [6.45, 7) is 5.69. The maximum atomic E-state index is 6.33. The minimum Gasteiger partial charge on any atom is -0.497 e. The van der Waals surface area contributed by atoms with Crippen LogP contribution in [-0.4, -0.2) is 47.0 Å². The molecule has 0 bridgehead atoms. The van der Waals surface area contributed by atoms with E-state index in [1.807, 2.05) is 16.8 Å². The van der Waals surface area contributed by atoms with E-state index in [0.717, 1.165) is 66.9 Å². The Morgan fingerprint density at radius 3 is 2.78 bits per heavy atom. The highest BCUT2D eigenvalue weighted by molar-refractivity contribution is 5.80. The van der Waals surface area contributed by atoms with E-state index in [2.05, 4.69) is 45.6 Å². The van der Waals surface area contributed by atoms with Gasteiger partial charge in [-0.05, 0) is 44.2 Å². The van der Waals surface area contributed by atoms with Crippen molar-refractivity contribution in [3.8, 4) is 11.5 Å². The van der Waals surface area contributed by atoms with Crippen molar-refractivity contribution in [2.24, 2.45) is 4.99 Å². The number of nitrogens with zero attached hydrogens (tertiary/aromatic N) is 4. The number of benzene rings is 1. The highest BCUT2D eigenvalue weighted by Crippen LogP contribution is 2.30. The molecule has 1 aliphatic carbocycles. The second kappa shape index (κ2) is 10.2. The molecule has 0 spiro atoms. The molecule has 1 unspecified atom stereocenters. The van der Waals surface area contributed by atoms with E-state index in [9.17, 15) is 0 Å². The number of nitrogens with one attached hydrogen (secondary N) is 2. The number of methoxy groups -OCH3 is 1. The fraction of sp³-hybridized carbons (Fsp3) is 0.625. The van der Waals surface area contributed by atoms with Gasteiger partial charge in [-0.1, -0.05) is 13.8 Å². The Balaban J connectivity index is 1.37. The average molecular weight is 441 g/mol. The normalized spacial score (nSPS) is 19.2. The number of ether oxygens (including phenoxy) is 2. The van der Waals surface area contributed by atoms with Crippen LogP contribution in [0.5, 0.6) is 11.5 Å². The molecular weight excluding hydrogens is 404 g/mol. The van der Waals surface area contributed by atoms with E-state index >= 15 is 0 Å². The summed E-state index contributed by atoms with van der Waals surface area (Å²) >= 11 is 0. The van der Waals surface area contributed by atoms with Crippen molar-refractivity contribution in [3.63, 3.8) is 0 Å². The van der Waals surface area contributed by atoms with Crippen LogP contribution in [0.1, 0.15) is 69.1 Å². The van der Waals surface area contributed by atoms with Crippen LogP contribution in [0.3, 0.4) is 0 Å². The van der Waals surface area contributed by atoms with Crippen molar-refractivity contribution in [1.29, 1.82) is 0 Å². The van der Waals surface area contributed by atoms with Crippen LogP contribution in [0.4, 0.5) is 0 Å². The number of hydrogen-bond donors (Lipinski definition) is 2. The van der Waals surface area contributed by atoms with Crippen LogP contribution < -0.4 is 20.1 Å². The first-order valence-corrected chi connectivity index (χ1v) is 11.8. The largest absolute Gasteiger partial charge is 0.497 e. The summed E-state index contributed by atoms with van der Waals surface area (Å²) in [5.41, 5.74) is 1.10. The molecular formula is C24H36N6O2. The Labute approximate surface area is 190 Å². The van der Waals surface area contributed by atoms with Crippen LogP contribution >= 0.6 is 0 Å². The lowest BCUT2D eigenvalue weighted by Gasteiger charge is -2.25. The first kappa shape index (κ1) is 22.4. The molecule has 32 heavy (non-hydrogen) atoms. The number of hydrogen-bond acceptors (Lipinski definition) is 5. The number of aliphatic imine (C=N–C) groups is 1. The smallest absolute Gasteiger partial charge is 0.191 e. The predicted octanol–water partition coefficient (Wildman–Crippen LogP) is 3.41. The van der Waals surface area contributed by atoms with Crippen LogP contribution in [0.2, 0.25) is 0 Å². The lowest BCUT2D eigenvalue weighted by molar-refractivity contribution is 0.207. The summed E-state index contributed by atoms with van der Waals surface area (Å²) in [6.07, 6.45) is 6.96. The Morgan fingerprint density at radius 1 is 1.25 bits per heavy atom. The van der Waals surface area contributed by atoms with Gasteiger partial charge in [-0.3, -0.25) is 4.99 Å². The zero-order valence-electron chi connectivity index (χ0n) is 19.7. The lowest BCUT2D eigenvalue weighted by Crippen LogP contribution is -2.46. The third-order valence-corrected chi connectivity index (χ3v) is 6.27. The van der Waals surface area contributed by atoms with Crippen molar-refractivity contribution in [1.82, 2.24) is 25.4 Å². The summed E-state index contributed by atoms with van der Waals surface area (Å²) in [5.74, 6) is 4.85. The van der Waals surface area contributed by atoms with Crippen LogP contribution in [0.25, 0.3) is 0 Å². The summed E-state index contributed by atoms with van der Waals surface area (Å²) < 4.78 is 13.8. The zero-order valence-corrected chi connectivity index (χ0v) is 19.7. The molecule has 2 N–H and O–H groups in total. The van der Waals surface area contributed by atoms with E-state index in [4.69, 9.17) is 9.47 Å². The van der Waals surface area contributed by atoms with E-state index in [-0.39, 0.29) is 6.04 Å². The monoisotopic (exact) mass is 440 g/mol. The SMILES string of the molecule is CN=C(NCc1ccc(OC)cc1OC1CCCC1)NC1CCc2nc(C(C)C)nn2C1. The van der Waals surface area contributed by atoms with Gasteiger partial charge in [-0.15, -0.1) is 0 Å². The third kappa shape index (κ3) is 5.34. The lowest BCUT2D eigenvalue weighted by atomic mass is 10.1. The van der Waals surface area contributed by atoms with Crippen molar-refractivity contribution in [2.45, 2.75) is 83.5 Å². The Bertz CT molecular complexity index is 933. The molecule has 1 fully saturated rings. The predicted molar refractivity (Wildman–Crippen MR) is 125 cm³/mol. The molecule has 8 heteroatoms. The van der Waals surface area contributed by atoms with Gasteiger partial charge in [0.1, 0.15) is 17.3 Å². The molecule has 8 nitrogen and oxygen atoms in total. The molecule has 174 valence electrons. The van der Waals surface area contributed by atoms with Crippen LogP contribution in [0.15, 0.2) is 23.2 Å². The molecule has 2 aliphatic rings. The van der Waals surface area contributed by atoms with Gasteiger partial charge in [-0.25, -0.2) is 9.67 Å². The van der Waals surface area contributed by atoms with Crippen molar-refractivity contribution < 1.29 is 9.47 Å². The summed E-state index contributed by atoms with van der Waals surface area (Å²) in [6, 6.07) is 6.30. The Morgan fingerprint density at radius 2 is 2.06 bits per heavy atom. The molecule has 1 aromatic heterocycles. The molecule has 1 aliphatic heterocycles. The number of guanidine groups is 1. The van der Waals surface area contributed by atoms with Crippen LogP contribution in [0, 0.1) is 0 Å². The van der Waals surface area contributed by atoms with Gasteiger partial charge in [0.25, 0.3) is 0 Å². The van der Waals surface area contributed by atoms with Gasteiger partial charge in [0.15, 0.2) is 11.8 Å². The molecule has 0 saturated heterocycles. The second-order valence-electron chi connectivity index (χ2n) is 9.03. The van der Waals surface area contributed by atoms with Gasteiger partial charge in [0.05, 0.1) is 19.8 Å². The summed E-state index contributed by atoms with van der Waals surface area (Å²) in [4.78, 5) is 9.12. The Hall–Kier alpha value is -2.77. The van der Waals surface area contributed by atoms with E-state index in [0.29, 0.717) is 18.6 Å². The standard InChI is InChI=1S/C24H36N6O2/c1-16(2)23-28-22-12-10-18(15-30(22)29-23)27-24(25-3)26-14-17-9-11-20(31-4)13-21(17)32-19-7-5-6-8-19/h9,11,13,16,18-19H,5-8,10,12,14-15H2,1-4H3,(H2,25,26,27). The van der Waals surface area contributed by atoms with Gasteiger partial charge in [-0.2, -0.15) is 5.10 Å². The van der Waals surface area contributed by atoms with Crippen molar-refractivity contribution in [2.75, 3.05) is 14.2 Å². The number of fused-ring (bicyclic) bond motifs is 1. The molecule has 0 radical (unpaired) electrons. The molecule has 1 saturated carbocycles. The number of rotatable bonds is 7. The maximum Gasteiger partial charge on any atom is 0.191 e. The molecule has 1 aromatic carbocycles. The molecule has 2 heterocycles. The first-order chi connectivity index (χ1) is 15.6. The first-order valence-electron chi connectivity index (χ1n) is 11.8. The van der Waals surface area contributed by atoms with Gasteiger partial charge >= 0.3 is 0 Å². The molecule has 0 amide bonds. The molecule has 1 atom stereocenters. The minimum absolute atomic E-state index is 0.264. The molecule has 2 aromatic rings. The summed E-state index contributed by atoms with van der Waals surface area (Å²) in [7, 11) is 3.49. The van der Waals surface area contributed by atoms with E-state index < -0.39 is 0 Å². The molecule has 4 rings (SSSR count). The van der Waals surface area contributed by atoms with Crippen molar-refractivity contribution in [3.05, 3.63) is 35.4 Å². The fourth-order valence-corrected chi connectivity index (χ4v) is 4.36. The number of aryl methyl sites for hydroxylation is 1. The van der Waals surface area contributed by atoms with Gasteiger partial charge in [0.2, 0.25) is 0 Å². The third-order valence-electron chi connectivity index (χ3n) is 6.27. The van der Waals surface area contributed by atoms with E-state index in [1.165, 1.54) is 12.8 Å². The summed E-state index contributed by atoms with van der Waals surface area (Å²) in [5, 5.41) is 11.7. The van der Waals surface area contributed by atoms with Crippen molar-refractivity contribution >= 4 is 5.96 Å². The highest BCUT2D eigenvalue weighted by atomic mass is 16.5. The fourth-order valence-electron chi connectivity index (χ4n) is 4.36. The van der Waals surface area contributed by atoms with E-state index in [1.54, 1.807) is 14.2 Å².